The summed E-state index contributed by atoms with van der Waals surface area (Å²) in [4.78, 5) is 11.0. The standard InChI is InChI=1S/C17H28O3Si/c1-7-14-8-9-15(13-18)16(12-14)19-10-11-20-21(5,6)17(2,3)4/h8-9,12-13H,7,10-11H2,1-6H3. The van der Waals surface area contributed by atoms with Gasteiger partial charge in [-0.2, -0.15) is 0 Å². The number of hydrogen-bond acceptors (Lipinski definition) is 3. The molecule has 4 heteroatoms. The lowest BCUT2D eigenvalue weighted by atomic mass is 10.1. The molecule has 0 saturated carbocycles. The summed E-state index contributed by atoms with van der Waals surface area (Å²) in [5.41, 5.74) is 1.76. The van der Waals surface area contributed by atoms with Gasteiger partial charge in [0.25, 0.3) is 0 Å². The van der Waals surface area contributed by atoms with Gasteiger partial charge < -0.3 is 9.16 Å². The van der Waals surface area contributed by atoms with Crippen molar-refractivity contribution in [3.8, 4) is 5.75 Å². The molecule has 0 aliphatic carbocycles. The Kier molecular flexibility index (Phi) is 6.17. The summed E-state index contributed by atoms with van der Waals surface area (Å²) in [6, 6.07) is 5.72. The first-order chi connectivity index (χ1) is 9.71. The smallest absolute Gasteiger partial charge is 0.192 e. The van der Waals surface area contributed by atoms with Crippen LogP contribution < -0.4 is 4.74 Å². The van der Waals surface area contributed by atoms with Crippen LogP contribution in [-0.2, 0) is 10.8 Å². The zero-order chi connectivity index (χ0) is 16.1. The van der Waals surface area contributed by atoms with E-state index in [-0.39, 0.29) is 5.04 Å². The molecule has 0 fully saturated rings. The van der Waals surface area contributed by atoms with E-state index < -0.39 is 8.32 Å². The van der Waals surface area contributed by atoms with Gasteiger partial charge in [-0.15, -0.1) is 0 Å². The van der Waals surface area contributed by atoms with Crippen LogP contribution in [0, 0.1) is 0 Å². The highest BCUT2D eigenvalue weighted by atomic mass is 28.4. The van der Waals surface area contributed by atoms with Crippen molar-refractivity contribution >= 4 is 14.6 Å². The Labute approximate surface area is 129 Å². The van der Waals surface area contributed by atoms with Crippen LogP contribution in [0.25, 0.3) is 0 Å². The second-order valence-corrected chi connectivity index (χ2v) is 11.6. The Hall–Kier alpha value is -1.13. The summed E-state index contributed by atoms with van der Waals surface area (Å²) in [5, 5.41) is 0.198. The third kappa shape index (κ3) is 4.97. The zero-order valence-electron chi connectivity index (χ0n) is 14.2. The van der Waals surface area contributed by atoms with Crippen molar-refractivity contribution in [1.29, 1.82) is 0 Å². The number of aldehydes is 1. The number of hydrogen-bond donors (Lipinski definition) is 0. The van der Waals surface area contributed by atoms with Crippen LogP contribution in [0.3, 0.4) is 0 Å². The fraction of sp³-hybridized carbons (Fsp3) is 0.588. The summed E-state index contributed by atoms with van der Waals surface area (Å²) in [6.07, 6.45) is 1.76. The van der Waals surface area contributed by atoms with Crippen LogP contribution in [0.15, 0.2) is 18.2 Å². The fourth-order valence-corrected chi connectivity index (χ4v) is 2.71. The minimum atomic E-state index is -1.73. The molecule has 0 aliphatic heterocycles. The van der Waals surface area contributed by atoms with E-state index in [1.165, 1.54) is 5.56 Å². The maximum atomic E-state index is 11.0. The topological polar surface area (TPSA) is 35.5 Å². The molecule has 0 atom stereocenters. The van der Waals surface area contributed by atoms with E-state index in [4.69, 9.17) is 9.16 Å². The highest BCUT2D eigenvalue weighted by Gasteiger charge is 2.36. The number of carbonyl (C=O) groups excluding carboxylic acids is 1. The van der Waals surface area contributed by atoms with Gasteiger partial charge in [0.05, 0.1) is 12.2 Å². The Balaban J connectivity index is 2.59. The van der Waals surface area contributed by atoms with Crippen LogP contribution in [0.2, 0.25) is 18.1 Å². The van der Waals surface area contributed by atoms with Gasteiger partial charge in [0.15, 0.2) is 14.6 Å². The van der Waals surface area contributed by atoms with Gasteiger partial charge in [0, 0.05) is 0 Å². The third-order valence-electron chi connectivity index (χ3n) is 4.22. The van der Waals surface area contributed by atoms with Gasteiger partial charge in [0.1, 0.15) is 12.4 Å². The molecule has 0 aromatic heterocycles. The Morgan fingerprint density at radius 1 is 1.19 bits per heavy atom. The molecule has 0 N–H and O–H groups in total. The molecule has 0 saturated heterocycles. The molecule has 0 heterocycles. The molecule has 1 rings (SSSR count). The summed E-state index contributed by atoms with van der Waals surface area (Å²) in [7, 11) is -1.73. The lowest BCUT2D eigenvalue weighted by molar-refractivity contribution is 0.111. The van der Waals surface area contributed by atoms with Gasteiger partial charge in [-0.25, -0.2) is 0 Å². The largest absolute Gasteiger partial charge is 0.490 e. The number of rotatable bonds is 7. The quantitative estimate of drug-likeness (QED) is 0.424. The SMILES string of the molecule is CCc1ccc(C=O)c(OCCO[Si](C)(C)C(C)(C)C)c1. The van der Waals surface area contributed by atoms with E-state index in [0.717, 1.165) is 12.7 Å². The molecule has 3 nitrogen and oxygen atoms in total. The van der Waals surface area contributed by atoms with Gasteiger partial charge in [-0.05, 0) is 42.2 Å². The average Bonchev–Trinajstić information content (AvgIpc) is 2.42. The van der Waals surface area contributed by atoms with E-state index in [0.29, 0.717) is 24.5 Å². The molecular weight excluding hydrogens is 280 g/mol. The minimum Gasteiger partial charge on any atom is -0.490 e. The first-order valence-electron chi connectivity index (χ1n) is 7.56. The van der Waals surface area contributed by atoms with Crippen LogP contribution in [-0.4, -0.2) is 27.8 Å². The molecule has 21 heavy (non-hydrogen) atoms. The lowest BCUT2D eigenvalue weighted by Gasteiger charge is -2.36. The van der Waals surface area contributed by atoms with E-state index in [9.17, 15) is 4.79 Å². The van der Waals surface area contributed by atoms with Gasteiger partial charge in [-0.3, -0.25) is 4.79 Å². The van der Waals surface area contributed by atoms with Crippen LogP contribution in [0.5, 0.6) is 5.75 Å². The summed E-state index contributed by atoms with van der Waals surface area (Å²) in [6.45, 7) is 14.2. The fourth-order valence-electron chi connectivity index (χ4n) is 1.69. The minimum absolute atomic E-state index is 0.198. The van der Waals surface area contributed by atoms with Gasteiger partial charge in [0.2, 0.25) is 0 Å². The molecule has 0 unspecified atom stereocenters. The molecule has 0 amide bonds. The third-order valence-corrected chi connectivity index (χ3v) is 8.76. The normalized spacial score (nSPS) is 12.3. The van der Waals surface area contributed by atoms with E-state index in [1.807, 2.05) is 18.2 Å². The summed E-state index contributed by atoms with van der Waals surface area (Å²) in [5.74, 6) is 0.656. The van der Waals surface area contributed by atoms with E-state index >= 15 is 0 Å². The average molecular weight is 308 g/mol. The molecular formula is C17H28O3Si. The van der Waals surface area contributed by atoms with Crippen molar-refractivity contribution in [3.05, 3.63) is 29.3 Å². The van der Waals surface area contributed by atoms with Crippen molar-refractivity contribution in [1.82, 2.24) is 0 Å². The first kappa shape index (κ1) is 17.9. The molecule has 1 aromatic carbocycles. The van der Waals surface area contributed by atoms with Crippen LogP contribution in [0.1, 0.15) is 43.6 Å². The summed E-state index contributed by atoms with van der Waals surface area (Å²) >= 11 is 0. The second-order valence-electron chi connectivity index (χ2n) is 6.80. The number of carbonyl (C=O) groups is 1. The van der Waals surface area contributed by atoms with Gasteiger partial charge >= 0.3 is 0 Å². The number of ether oxygens (including phenoxy) is 1. The predicted octanol–water partition coefficient (Wildman–Crippen LogP) is 4.46. The predicted molar refractivity (Wildman–Crippen MR) is 89.9 cm³/mol. The van der Waals surface area contributed by atoms with Crippen LogP contribution >= 0.6 is 0 Å². The molecule has 0 aliphatic rings. The highest BCUT2D eigenvalue weighted by Crippen LogP contribution is 2.36. The van der Waals surface area contributed by atoms with Crippen molar-refractivity contribution in [2.75, 3.05) is 13.2 Å². The molecule has 1 aromatic rings. The van der Waals surface area contributed by atoms with Crippen molar-refractivity contribution in [2.45, 2.75) is 52.2 Å². The molecule has 0 spiro atoms. The second kappa shape index (κ2) is 7.23. The monoisotopic (exact) mass is 308 g/mol. The van der Waals surface area contributed by atoms with Crippen LogP contribution in [0.4, 0.5) is 0 Å². The van der Waals surface area contributed by atoms with E-state index in [2.05, 4.69) is 40.8 Å². The summed E-state index contributed by atoms with van der Waals surface area (Å²) < 4.78 is 11.8. The molecule has 118 valence electrons. The molecule has 0 bridgehead atoms. The molecule has 0 radical (unpaired) electrons. The van der Waals surface area contributed by atoms with Crippen molar-refractivity contribution in [3.63, 3.8) is 0 Å². The Morgan fingerprint density at radius 3 is 2.38 bits per heavy atom. The van der Waals surface area contributed by atoms with Crippen molar-refractivity contribution in [2.24, 2.45) is 0 Å². The number of aryl methyl sites for hydroxylation is 1. The number of benzene rings is 1. The van der Waals surface area contributed by atoms with Crippen molar-refractivity contribution < 1.29 is 14.0 Å². The Bertz CT molecular complexity index is 475. The zero-order valence-corrected chi connectivity index (χ0v) is 15.2. The Morgan fingerprint density at radius 2 is 1.86 bits per heavy atom. The van der Waals surface area contributed by atoms with E-state index in [1.54, 1.807) is 0 Å². The highest BCUT2D eigenvalue weighted by molar-refractivity contribution is 6.74. The maximum Gasteiger partial charge on any atom is 0.192 e. The maximum absolute atomic E-state index is 11.0. The van der Waals surface area contributed by atoms with Gasteiger partial charge in [-0.1, -0.05) is 33.8 Å². The lowest BCUT2D eigenvalue weighted by Crippen LogP contribution is -2.41. The first-order valence-corrected chi connectivity index (χ1v) is 10.5.